The van der Waals surface area contributed by atoms with Gasteiger partial charge in [-0.2, -0.15) is 4.31 Å². The smallest absolute Gasteiger partial charge is 0.243 e. The molecule has 1 aliphatic heterocycles. The van der Waals surface area contributed by atoms with Crippen molar-refractivity contribution >= 4 is 10.0 Å². The van der Waals surface area contributed by atoms with Crippen molar-refractivity contribution in [3.8, 4) is 0 Å². The first-order valence-electron chi connectivity index (χ1n) is 7.38. The van der Waals surface area contributed by atoms with E-state index in [9.17, 15) is 8.42 Å². The molecular formula is C15H24N2O3S. The minimum atomic E-state index is -3.44. The second-order valence-corrected chi connectivity index (χ2v) is 7.55. The van der Waals surface area contributed by atoms with Crippen LogP contribution in [0.1, 0.15) is 25.8 Å². The van der Waals surface area contributed by atoms with E-state index >= 15 is 0 Å². The highest BCUT2D eigenvalue weighted by Gasteiger charge is 2.31. The van der Waals surface area contributed by atoms with Crippen molar-refractivity contribution in [2.45, 2.75) is 43.8 Å². The van der Waals surface area contributed by atoms with Gasteiger partial charge in [-0.3, -0.25) is 0 Å². The van der Waals surface area contributed by atoms with Crippen LogP contribution >= 0.6 is 0 Å². The Kier molecular flexibility index (Phi) is 5.37. The Morgan fingerprint density at radius 2 is 1.76 bits per heavy atom. The maximum absolute atomic E-state index is 12.7. The molecule has 2 atom stereocenters. The lowest BCUT2D eigenvalue weighted by atomic mass is 10.1. The maximum atomic E-state index is 12.7. The van der Waals surface area contributed by atoms with Crippen LogP contribution in [0.3, 0.4) is 0 Å². The summed E-state index contributed by atoms with van der Waals surface area (Å²) >= 11 is 0. The van der Waals surface area contributed by atoms with Crippen LogP contribution in [0.15, 0.2) is 29.2 Å². The fourth-order valence-corrected chi connectivity index (χ4v) is 4.20. The summed E-state index contributed by atoms with van der Waals surface area (Å²) in [6.07, 6.45) is 1.63. The van der Waals surface area contributed by atoms with Gasteiger partial charge in [-0.05, 0) is 50.9 Å². The van der Waals surface area contributed by atoms with Crippen LogP contribution in [0.2, 0.25) is 0 Å². The minimum absolute atomic E-state index is 0.0765. The predicted octanol–water partition coefficient (Wildman–Crippen LogP) is 1.38. The molecule has 0 bridgehead atoms. The summed E-state index contributed by atoms with van der Waals surface area (Å²) in [7, 11) is -3.44. The monoisotopic (exact) mass is 312 g/mol. The average Bonchev–Trinajstić information content (AvgIpc) is 2.44. The molecule has 1 heterocycles. The molecule has 21 heavy (non-hydrogen) atoms. The van der Waals surface area contributed by atoms with Gasteiger partial charge in [0.05, 0.1) is 17.1 Å². The molecule has 0 aromatic heterocycles. The van der Waals surface area contributed by atoms with Crippen molar-refractivity contribution in [2.24, 2.45) is 5.73 Å². The van der Waals surface area contributed by atoms with Crippen LogP contribution in [0, 0.1) is 0 Å². The molecule has 1 aromatic carbocycles. The zero-order chi connectivity index (χ0) is 15.5. The van der Waals surface area contributed by atoms with Gasteiger partial charge in [-0.1, -0.05) is 12.1 Å². The lowest BCUT2D eigenvalue weighted by Crippen LogP contribution is -2.48. The Balaban J connectivity index is 2.15. The highest BCUT2D eigenvalue weighted by molar-refractivity contribution is 7.89. The van der Waals surface area contributed by atoms with Gasteiger partial charge in [0.15, 0.2) is 0 Å². The molecule has 0 aliphatic carbocycles. The summed E-state index contributed by atoms with van der Waals surface area (Å²) in [4.78, 5) is 0.347. The van der Waals surface area contributed by atoms with E-state index in [4.69, 9.17) is 10.5 Å². The van der Waals surface area contributed by atoms with Crippen molar-refractivity contribution in [3.05, 3.63) is 29.8 Å². The number of morpholine rings is 1. The molecule has 118 valence electrons. The van der Waals surface area contributed by atoms with Gasteiger partial charge in [-0.15, -0.1) is 0 Å². The third kappa shape index (κ3) is 4.03. The first-order chi connectivity index (χ1) is 9.93. The summed E-state index contributed by atoms with van der Waals surface area (Å²) in [5.41, 5.74) is 6.60. The Morgan fingerprint density at radius 3 is 2.29 bits per heavy atom. The summed E-state index contributed by atoms with van der Waals surface area (Å²) in [6, 6.07) is 7.11. The third-order valence-electron chi connectivity index (χ3n) is 3.62. The lowest BCUT2D eigenvalue weighted by molar-refractivity contribution is -0.0440. The number of nitrogens with two attached hydrogens (primary N) is 1. The maximum Gasteiger partial charge on any atom is 0.243 e. The molecule has 0 amide bonds. The van der Waals surface area contributed by atoms with E-state index < -0.39 is 10.0 Å². The van der Waals surface area contributed by atoms with Crippen molar-refractivity contribution in [2.75, 3.05) is 19.6 Å². The van der Waals surface area contributed by atoms with Gasteiger partial charge in [0.1, 0.15) is 0 Å². The van der Waals surface area contributed by atoms with Crippen LogP contribution in [0.4, 0.5) is 0 Å². The molecule has 1 aliphatic rings. The SMILES string of the molecule is C[C@@H]1CN(S(=O)(=O)c2ccc(CCCN)cc2)C[C@H](C)O1. The van der Waals surface area contributed by atoms with Gasteiger partial charge in [0, 0.05) is 13.1 Å². The van der Waals surface area contributed by atoms with Crippen LogP contribution in [-0.2, 0) is 21.2 Å². The number of aryl methyl sites for hydroxylation is 1. The van der Waals surface area contributed by atoms with E-state index in [0.29, 0.717) is 24.5 Å². The molecule has 1 fully saturated rings. The first kappa shape index (κ1) is 16.4. The standard InChI is InChI=1S/C15H24N2O3S/c1-12-10-17(11-13(2)20-12)21(18,19)15-7-5-14(6-8-15)4-3-9-16/h5-8,12-13H,3-4,9-11,16H2,1-2H3/t12-,13+. The molecule has 1 aromatic rings. The molecule has 0 spiro atoms. The van der Waals surface area contributed by atoms with Crippen LogP contribution in [0.5, 0.6) is 0 Å². The quantitative estimate of drug-likeness (QED) is 0.891. The van der Waals surface area contributed by atoms with Gasteiger partial charge < -0.3 is 10.5 Å². The largest absolute Gasteiger partial charge is 0.373 e. The number of benzene rings is 1. The molecular weight excluding hydrogens is 288 g/mol. The Labute approximate surface area is 127 Å². The highest BCUT2D eigenvalue weighted by atomic mass is 32.2. The van der Waals surface area contributed by atoms with Gasteiger partial charge in [-0.25, -0.2) is 8.42 Å². The second-order valence-electron chi connectivity index (χ2n) is 5.62. The molecule has 1 saturated heterocycles. The number of sulfonamides is 1. The summed E-state index contributed by atoms with van der Waals surface area (Å²) < 4.78 is 32.4. The van der Waals surface area contributed by atoms with E-state index in [1.807, 2.05) is 26.0 Å². The lowest BCUT2D eigenvalue weighted by Gasteiger charge is -2.34. The Bertz CT molecular complexity index is 547. The number of hydrogen-bond donors (Lipinski definition) is 1. The second kappa shape index (κ2) is 6.87. The number of nitrogens with zero attached hydrogens (tertiary/aromatic N) is 1. The topological polar surface area (TPSA) is 72.6 Å². The predicted molar refractivity (Wildman–Crippen MR) is 82.6 cm³/mol. The Morgan fingerprint density at radius 1 is 1.19 bits per heavy atom. The molecule has 5 nitrogen and oxygen atoms in total. The van der Waals surface area contributed by atoms with Gasteiger partial charge in [0.2, 0.25) is 10.0 Å². The van der Waals surface area contributed by atoms with Crippen molar-refractivity contribution in [1.29, 1.82) is 0 Å². The fraction of sp³-hybridized carbons (Fsp3) is 0.600. The van der Waals surface area contributed by atoms with Crippen molar-refractivity contribution in [3.63, 3.8) is 0 Å². The number of ether oxygens (including phenoxy) is 1. The average molecular weight is 312 g/mol. The van der Waals surface area contributed by atoms with E-state index in [2.05, 4.69) is 0 Å². The summed E-state index contributed by atoms with van der Waals surface area (Å²) in [5, 5.41) is 0. The summed E-state index contributed by atoms with van der Waals surface area (Å²) in [6.45, 7) is 5.25. The molecule has 0 saturated carbocycles. The van der Waals surface area contributed by atoms with Crippen molar-refractivity contribution < 1.29 is 13.2 Å². The van der Waals surface area contributed by atoms with Crippen LogP contribution < -0.4 is 5.73 Å². The van der Waals surface area contributed by atoms with Crippen LogP contribution in [-0.4, -0.2) is 44.6 Å². The molecule has 2 N–H and O–H groups in total. The summed E-state index contributed by atoms with van der Waals surface area (Å²) in [5.74, 6) is 0. The van der Waals surface area contributed by atoms with Gasteiger partial charge in [0.25, 0.3) is 0 Å². The minimum Gasteiger partial charge on any atom is -0.373 e. The first-order valence-corrected chi connectivity index (χ1v) is 8.82. The van der Waals surface area contributed by atoms with E-state index in [1.165, 1.54) is 4.31 Å². The van der Waals surface area contributed by atoms with E-state index in [-0.39, 0.29) is 12.2 Å². The molecule has 0 unspecified atom stereocenters. The van der Waals surface area contributed by atoms with Crippen LogP contribution in [0.25, 0.3) is 0 Å². The zero-order valence-electron chi connectivity index (χ0n) is 12.7. The third-order valence-corrected chi connectivity index (χ3v) is 5.46. The number of hydrogen-bond acceptors (Lipinski definition) is 4. The van der Waals surface area contributed by atoms with E-state index in [1.54, 1.807) is 12.1 Å². The van der Waals surface area contributed by atoms with E-state index in [0.717, 1.165) is 18.4 Å². The molecule has 6 heteroatoms. The number of rotatable bonds is 5. The normalized spacial score (nSPS) is 24.1. The fourth-order valence-electron chi connectivity index (χ4n) is 2.61. The van der Waals surface area contributed by atoms with Gasteiger partial charge >= 0.3 is 0 Å². The van der Waals surface area contributed by atoms with Crippen molar-refractivity contribution in [1.82, 2.24) is 4.31 Å². The zero-order valence-corrected chi connectivity index (χ0v) is 13.5. The highest BCUT2D eigenvalue weighted by Crippen LogP contribution is 2.21. The Hall–Kier alpha value is -0.950. The molecule has 2 rings (SSSR count). The molecule has 0 radical (unpaired) electrons.